The van der Waals surface area contributed by atoms with Crippen molar-refractivity contribution in [2.24, 2.45) is 5.41 Å². The summed E-state index contributed by atoms with van der Waals surface area (Å²) in [6, 6.07) is 9.06. The average molecular weight is 289 g/mol. The van der Waals surface area contributed by atoms with Gasteiger partial charge in [-0.25, -0.2) is 4.79 Å². The Morgan fingerprint density at radius 1 is 1.33 bits per heavy atom. The topological polar surface area (TPSA) is 69.4 Å². The lowest BCUT2D eigenvalue weighted by atomic mass is 9.88. The van der Waals surface area contributed by atoms with Crippen molar-refractivity contribution in [2.75, 3.05) is 0 Å². The Kier molecular flexibility index (Phi) is 5.41. The van der Waals surface area contributed by atoms with Crippen molar-refractivity contribution in [1.29, 1.82) is 0 Å². The van der Waals surface area contributed by atoms with E-state index in [9.17, 15) is 14.9 Å². The van der Waals surface area contributed by atoms with Gasteiger partial charge in [0.25, 0.3) is 0 Å². The number of carbonyl (C=O) groups excluding carboxylic acids is 1. The summed E-state index contributed by atoms with van der Waals surface area (Å²) in [4.78, 5) is 22.2. The van der Waals surface area contributed by atoms with E-state index >= 15 is 0 Å². The molecule has 0 aliphatic rings. The number of hydrogen-bond donors (Lipinski definition) is 0. The summed E-state index contributed by atoms with van der Waals surface area (Å²) < 4.78 is 4.90. The van der Waals surface area contributed by atoms with Gasteiger partial charge in [-0.2, -0.15) is 0 Å². The van der Waals surface area contributed by atoms with Crippen LogP contribution in [0.15, 0.2) is 48.6 Å². The fourth-order valence-electron chi connectivity index (χ4n) is 1.40. The van der Waals surface area contributed by atoms with E-state index in [4.69, 9.17) is 4.74 Å². The molecular formula is C16H19NO4. The lowest BCUT2D eigenvalue weighted by molar-refractivity contribution is -0.552. The van der Waals surface area contributed by atoms with Crippen LogP contribution in [0.4, 0.5) is 0 Å². The minimum atomic E-state index is -1.53. The van der Waals surface area contributed by atoms with Gasteiger partial charge in [0, 0.05) is 11.6 Å². The van der Waals surface area contributed by atoms with Crippen molar-refractivity contribution >= 4 is 12.0 Å². The summed E-state index contributed by atoms with van der Waals surface area (Å²) in [6.07, 6.45) is 1.25. The van der Waals surface area contributed by atoms with Crippen LogP contribution in [0.25, 0.3) is 6.08 Å². The van der Waals surface area contributed by atoms with Gasteiger partial charge in [0.15, 0.2) is 0 Å². The third-order valence-corrected chi connectivity index (χ3v) is 2.84. The minimum Gasteiger partial charge on any atom is -0.391 e. The third-order valence-electron chi connectivity index (χ3n) is 2.84. The molecule has 0 heterocycles. The molecule has 0 N–H and O–H groups in total. The first kappa shape index (κ1) is 16.6. The number of nitrogens with zero attached hydrogens (tertiary/aromatic N) is 1. The molecule has 21 heavy (non-hydrogen) atoms. The van der Waals surface area contributed by atoms with Crippen molar-refractivity contribution in [3.63, 3.8) is 0 Å². The second-order valence-electron chi connectivity index (χ2n) is 5.58. The Balaban J connectivity index is 2.80. The highest BCUT2D eigenvalue weighted by Crippen LogP contribution is 2.25. The first-order valence-electron chi connectivity index (χ1n) is 6.49. The normalized spacial score (nSPS) is 12.9. The summed E-state index contributed by atoms with van der Waals surface area (Å²) in [6.45, 7) is 9.00. The predicted molar refractivity (Wildman–Crippen MR) is 80.9 cm³/mol. The molecule has 0 saturated heterocycles. The molecule has 0 aliphatic heterocycles. The molecule has 1 rings (SSSR count). The molecule has 1 atom stereocenters. The Labute approximate surface area is 124 Å². The van der Waals surface area contributed by atoms with Gasteiger partial charge in [0.05, 0.1) is 4.92 Å². The standard InChI is InChI=1S/C16H19NO4/c1-12(16(2,3)4)15(18)21-14(17(19)20)11-10-13-8-6-5-7-9-13/h5-11,14H,1H2,2-4H3. The lowest BCUT2D eigenvalue weighted by Crippen LogP contribution is -2.28. The minimum absolute atomic E-state index is 0.197. The van der Waals surface area contributed by atoms with E-state index in [0.717, 1.165) is 5.56 Å². The van der Waals surface area contributed by atoms with Crippen molar-refractivity contribution < 1.29 is 14.5 Å². The maximum absolute atomic E-state index is 11.9. The zero-order valence-electron chi connectivity index (χ0n) is 12.4. The molecule has 5 heteroatoms. The Bertz CT molecular complexity index is 555. The van der Waals surface area contributed by atoms with Crippen LogP contribution in [-0.4, -0.2) is 17.1 Å². The number of ether oxygens (including phenoxy) is 1. The Morgan fingerprint density at radius 2 is 1.90 bits per heavy atom. The first-order chi connectivity index (χ1) is 9.71. The number of benzene rings is 1. The van der Waals surface area contributed by atoms with Gasteiger partial charge in [0.1, 0.15) is 0 Å². The molecule has 112 valence electrons. The van der Waals surface area contributed by atoms with Crippen LogP contribution >= 0.6 is 0 Å². The molecule has 1 aromatic carbocycles. The number of nitro groups is 1. The van der Waals surface area contributed by atoms with Crippen molar-refractivity contribution in [3.8, 4) is 0 Å². The molecule has 0 fully saturated rings. The number of rotatable bonds is 5. The van der Waals surface area contributed by atoms with E-state index in [1.54, 1.807) is 39.0 Å². The van der Waals surface area contributed by atoms with E-state index in [1.165, 1.54) is 6.08 Å². The second kappa shape index (κ2) is 6.83. The number of esters is 1. The zero-order chi connectivity index (χ0) is 16.0. The van der Waals surface area contributed by atoms with Gasteiger partial charge in [-0.05, 0) is 17.1 Å². The molecular weight excluding hydrogens is 270 g/mol. The molecule has 0 saturated carbocycles. The SMILES string of the molecule is C=C(C(=O)OC(C=Cc1ccccc1)[N+](=O)[O-])C(C)(C)C. The number of carbonyl (C=O) groups is 1. The molecule has 0 aromatic heterocycles. The van der Waals surface area contributed by atoms with Crippen molar-refractivity contribution in [1.82, 2.24) is 0 Å². The average Bonchev–Trinajstić information content (AvgIpc) is 2.42. The van der Waals surface area contributed by atoms with E-state index in [1.807, 2.05) is 18.2 Å². The predicted octanol–water partition coefficient (Wildman–Crippen LogP) is 3.45. The van der Waals surface area contributed by atoms with E-state index in [-0.39, 0.29) is 5.57 Å². The smallest absolute Gasteiger partial charge is 0.376 e. The zero-order valence-corrected chi connectivity index (χ0v) is 12.4. The number of hydrogen-bond acceptors (Lipinski definition) is 4. The second-order valence-corrected chi connectivity index (χ2v) is 5.58. The Hall–Kier alpha value is -2.43. The van der Waals surface area contributed by atoms with Crippen LogP contribution in [0, 0.1) is 15.5 Å². The van der Waals surface area contributed by atoms with E-state index < -0.39 is 22.5 Å². The molecule has 5 nitrogen and oxygen atoms in total. The molecule has 0 amide bonds. The van der Waals surface area contributed by atoms with Crippen molar-refractivity contribution in [3.05, 3.63) is 64.2 Å². The van der Waals surface area contributed by atoms with Crippen LogP contribution < -0.4 is 0 Å². The molecule has 0 bridgehead atoms. The van der Waals surface area contributed by atoms with Crippen LogP contribution in [-0.2, 0) is 9.53 Å². The molecule has 0 radical (unpaired) electrons. The molecule has 1 unspecified atom stereocenters. The highest BCUT2D eigenvalue weighted by molar-refractivity contribution is 5.89. The highest BCUT2D eigenvalue weighted by atomic mass is 16.7. The summed E-state index contributed by atoms with van der Waals surface area (Å²) in [5.74, 6) is -0.762. The van der Waals surface area contributed by atoms with Crippen LogP contribution in [0.2, 0.25) is 0 Å². The van der Waals surface area contributed by atoms with Gasteiger partial charge in [-0.1, -0.05) is 57.7 Å². The summed E-state index contributed by atoms with van der Waals surface area (Å²) in [5, 5.41) is 11.0. The van der Waals surface area contributed by atoms with Crippen LogP contribution in [0.5, 0.6) is 0 Å². The van der Waals surface area contributed by atoms with Gasteiger partial charge in [-0.15, -0.1) is 0 Å². The largest absolute Gasteiger partial charge is 0.391 e. The Morgan fingerprint density at radius 3 is 2.38 bits per heavy atom. The van der Waals surface area contributed by atoms with Crippen LogP contribution in [0.3, 0.4) is 0 Å². The summed E-state index contributed by atoms with van der Waals surface area (Å²) in [7, 11) is 0. The van der Waals surface area contributed by atoms with E-state index in [0.29, 0.717) is 0 Å². The summed E-state index contributed by atoms with van der Waals surface area (Å²) in [5.41, 5.74) is 0.485. The maximum Gasteiger partial charge on any atom is 0.376 e. The highest BCUT2D eigenvalue weighted by Gasteiger charge is 2.28. The monoisotopic (exact) mass is 289 g/mol. The van der Waals surface area contributed by atoms with Crippen molar-refractivity contribution in [2.45, 2.75) is 27.0 Å². The fourth-order valence-corrected chi connectivity index (χ4v) is 1.40. The third kappa shape index (κ3) is 5.22. The van der Waals surface area contributed by atoms with Crippen LogP contribution in [0.1, 0.15) is 26.3 Å². The quantitative estimate of drug-likeness (QED) is 0.274. The van der Waals surface area contributed by atoms with Gasteiger partial charge in [0.2, 0.25) is 0 Å². The fraction of sp³-hybridized carbons (Fsp3) is 0.312. The summed E-state index contributed by atoms with van der Waals surface area (Å²) >= 11 is 0. The molecule has 0 aliphatic carbocycles. The van der Waals surface area contributed by atoms with E-state index in [2.05, 4.69) is 6.58 Å². The first-order valence-corrected chi connectivity index (χ1v) is 6.49. The maximum atomic E-state index is 11.9. The molecule has 0 spiro atoms. The van der Waals surface area contributed by atoms with Gasteiger partial charge in [-0.3, -0.25) is 10.1 Å². The molecule has 1 aromatic rings. The van der Waals surface area contributed by atoms with Gasteiger partial charge < -0.3 is 4.74 Å². The lowest BCUT2D eigenvalue weighted by Gasteiger charge is -2.20. The van der Waals surface area contributed by atoms with Gasteiger partial charge >= 0.3 is 12.2 Å².